The SMILES string of the molecule is CCN1CCCCC1CN1C[C@H](CO)OC1=O. The van der Waals surface area contributed by atoms with E-state index in [4.69, 9.17) is 9.84 Å². The number of amides is 1. The maximum absolute atomic E-state index is 11.6. The second kappa shape index (κ2) is 5.69. The van der Waals surface area contributed by atoms with Crippen molar-refractivity contribution in [3.05, 3.63) is 0 Å². The molecule has 2 aliphatic rings. The van der Waals surface area contributed by atoms with Crippen molar-refractivity contribution in [1.29, 1.82) is 0 Å². The topological polar surface area (TPSA) is 53.0 Å². The lowest BCUT2D eigenvalue weighted by molar-refractivity contribution is 0.0925. The number of likely N-dealkylation sites (tertiary alicyclic amines) is 1. The molecule has 0 bridgehead atoms. The first-order valence-electron chi connectivity index (χ1n) is 6.55. The van der Waals surface area contributed by atoms with E-state index in [1.165, 1.54) is 12.8 Å². The Kier molecular flexibility index (Phi) is 4.23. The zero-order chi connectivity index (χ0) is 12.3. The number of ether oxygens (including phenoxy) is 1. The lowest BCUT2D eigenvalue weighted by Crippen LogP contribution is -2.47. The molecule has 1 N–H and O–H groups in total. The molecule has 2 saturated heterocycles. The number of nitrogens with zero attached hydrogens (tertiary/aromatic N) is 2. The summed E-state index contributed by atoms with van der Waals surface area (Å²) in [5.74, 6) is 0. The van der Waals surface area contributed by atoms with Gasteiger partial charge in [0.15, 0.2) is 0 Å². The van der Waals surface area contributed by atoms with Crippen LogP contribution in [0.2, 0.25) is 0 Å². The van der Waals surface area contributed by atoms with E-state index in [2.05, 4.69) is 11.8 Å². The van der Waals surface area contributed by atoms with E-state index in [0.717, 1.165) is 26.1 Å². The minimum atomic E-state index is -0.332. The van der Waals surface area contributed by atoms with E-state index in [1.54, 1.807) is 4.90 Å². The van der Waals surface area contributed by atoms with Gasteiger partial charge in [0.25, 0.3) is 0 Å². The third kappa shape index (κ3) is 2.90. The molecule has 1 unspecified atom stereocenters. The van der Waals surface area contributed by atoms with Crippen molar-refractivity contribution in [3.63, 3.8) is 0 Å². The molecule has 0 spiro atoms. The molecule has 2 atom stereocenters. The highest BCUT2D eigenvalue weighted by Crippen LogP contribution is 2.20. The van der Waals surface area contributed by atoms with Gasteiger partial charge < -0.3 is 14.7 Å². The van der Waals surface area contributed by atoms with Gasteiger partial charge in [-0.05, 0) is 25.9 Å². The molecule has 2 rings (SSSR count). The first kappa shape index (κ1) is 12.6. The Morgan fingerprint density at radius 1 is 1.47 bits per heavy atom. The van der Waals surface area contributed by atoms with E-state index >= 15 is 0 Å². The number of carbonyl (C=O) groups excluding carboxylic acids is 1. The first-order valence-corrected chi connectivity index (χ1v) is 6.55. The summed E-state index contributed by atoms with van der Waals surface area (Å²) in [5.41, 5.74) is 0. The van der Waals surface area contributed by atoms with Crippen LogP contribution in [0.3, 0.4) is 0 Å². The van der Waals surface area contributed by atoms with E-state index in [1.807, 2.05) is 0 Å². The minimum absolute atomic E-state index is 0.0790. The largest absolute Gasteiger partial charge is 0.442 e. The van der Waals surface area contributed by atoms with Crippen molar-refractivity contribution in [2.45, 2.75) is 38.3 Å². The Balaban J connectivity index is 1.89. The van der Waals surface area contributed by atoms with Crippen molar-refractivity contribution in [2.75, 3.05) is 32.8 Å². The van der Waals surface area contributed by atoms with Crippen LogP contribution >= 0.6 is 0 Å². The fraction of sp³-hybridized carbons (Fsp3) is 0.917. The zero-order valence-electron chi connectivity index (χ0n) is 10.5. The molecule has 2 aliphatic heterocycles. The predicted molar refractivity (Wildman–Crippen MR) is 63.8 cm³/mol. The summed E-state index contributed by atoms with van der Waals surface area (Å²) in [6.07, 6.45) is 3.05. The fourth-order valence-electron chi connectivity index (χ4n) is 2.76. The first-order chi connectivity index (χ1) is 8.24. The molecular weight excluding hydrogens is 220 g/mol. The molecule has 0 aromatic rings. The third-order valence-electron chi connectivity index (χ3n) is 3.74. The number of aliphatic hydroxyl groups is 1. The molecule has 5 heteroatoms. The number of carbonyl (C=O) groups is 1. The molecule has 0 saturated carbocycles. The van der Waals surface area contributed by atoms with E-state index in [-0.39, 0.29) is 18.8 Å². The van der Waals surface area contributed by atoms with Crippen LogP contribution in [0.5, 0.6) is 0 Å². The second-order valence-electron chi connectivity index (χ2n) is 4.87. The molecule has 98 valence electrons. The van der Waals surface area contributed by atoms with Crippen LogP contribution in [0.25, 0.3) is 0 Å². The van der Waals surface area contributed by atoms with Crippen LogP contribution in [-0.2, 0) is 4.74 Å². The highest BCUT2D eigenvalue weighted by molar-refractivity contribution is 5.69. The number of hydrogen-bond acceptors (Lipinski definition) is 4. The lowest BCUT2D eigenvalue weighted by atomic mass is 10.0. The molecule has 0 aromatic carbocycles. The van der Waals surface area contributed by atoms with Gasteiger partial charge >= 0.3 is 6.09 Å². The number of rotatable bonds is 4. The van der Waals surface area contributed by atoms with E-state index < -0.39 is 0 Å². The van der Waals surface area contributed by atoms with Gasteiger partial charge in [-0.25, -0.2) is 4.79 Å². The Bertz CT molecular complexity index is 272. The summed E-state index contributed by atoms with van der Waals surface area (Å²) in [5, 5.41) is 8.99. The highest BCUT2D eigenvalue weighted by atomic mass is 16.6. The van der Waals surface area contributed by atoms with Crippen LogP contribution in [0.1, 0.15) is 26.2 Å². The minimum Gasteiger partial charge on any atom is -0.442 e. The van der Waals surface area contributed by atoms with Crippen LogP contribution in [0, 0.1) is 0 Å². The van der Waals surface area contributed by atoms with Crippen molar-refractivity contribution in [2.24, 2.45) is 0 Å². The number of piperidine rings is 1. The fourth-order valence-corrected chi connectivity index (χ4v) is 2.76. The summed E-state index contributed by atoms with van der Waals surface area (Å²) < 4.78 is 5.05. The molecule has 17 heavy (non-hydrogen) atoms. The Hall–Kier alpha value is -0.810. The predicted octanol–water partition coefficient (Wildman–Crippen LogP) is 0.674. The normalized spacial score (nSPS) is 30.7. The molecule has 2 fully saturated rings. The lowest BCUT2D eigenvalue weighted by Gasteiger charge is -2.36. The van der Waals surface area contributed by atoms with Gasteiger partial charge in [-0.2, -0.15) is 0 Å². The molecular formula is C12H22N2O3. The standard InChI is InChI=1S/C12H22N2O3/c1-2-13-6-4-3-5-10(13)7-14-8-11(9-15)17-12(14)16/h10-11,15H,2-9H2,1H3/t10?,11-/m1/s1. The summed E-state index contributed by atoms with van der Waals surface area (Å²) in [7, 11) is 0. The quantitative estimate of drug-likeness (QED) is 0.787. The summed E-state index contributed by atoms with van der Waals surface area (Å²) in [6, 6.07) is 0.457. The van der Waals surface area contributed by atoms with Gasteiger partial charge in [0, 0.05) is 12.6 Å². The molecule has 0 aromatic heterocycles. The van der Waals surface area contributed by atoms with E-state index in [9.17, 15) is 4.79 Å². The van der Waals surface area contributed by atoms with Gasteiger partial charge in [0.2, 0.25) is 0 Å². The Morgan fingerprint density at radius 2 is 2.29 bits per heavy atom. The number of cyclic esters (lactones) is 1. The van der Waals surface area contributed by atoms with Crippen molar-refractivity contribution in [3.8, 4) is 0 Å². The summed E-state index contributed by atoms with van der Waals surface area (Å²) >= 11 is 0. The van der Waals surface area contributed by atoms with Gasteiger partial charge in [0.1, 0.15) is 6.10 Å². The second-order valence-corrected chi connectivity index (χ2v) is 4.87. The molecule has 2 heterocycles. The number of aliphatic hydroxyl groups excluding tert-OH is 1. The number of hydrogen-bond donors (Lipinski definition) is 1. The maximum atomic E-state index is 11.6. The van der Waals surface area contributed by atoms with Gasteiger partial charge in [-0.15, -0.1) is 0 Å². The van der Waals surface area contributed by atoms with Crippen molar-refractivity contribution >= 4 is 6.09 Å². The summed E-state index contributed by atoms with van der Waals surface area (Å²) in [4.78, 5) is 15.8. The third-order valence-corrected chi connectivity index (χ3v) is 3.74. The smallest absolute Gasteiger partial charge is 0.410 e. The summed E-state index contributed by atoms with van der Waals surface area (Å²) in [6.45, 7) is 5.53. The highest BCUT2D eigenvalue weighted by Gasteiger charge is 2.33. The number of likely N-dealkylation sites (N-methyl/N-ethyl adjacent to an activating group) is 1. The van der Waals surface area contributed by atoms with Crippen LogP contribution in [0.4, 0.5) is 4.79 Å². The average molecular weight is 242 g/mol. The van der Waals surface area contributed by atoms with Gasteiger partial charge in [0.05, 0.1) is 13.2 Å². The molecule has 1 amide bonds. The van der Waals surface area contributed by atoms with Crippen LogP contribution in [-0.4, -0.2) is 65.9 Å². The van der Waals surface area contributed by atoms with Gasteiger partial charge in [-0.1, -0.05) is 13.3 Å². The van der Waals surface area contributed by atoms with Crippen LogP contribution < -0.4 is 0 Å². The average Bonchev–Trinajstić information content (AvgIpc) is 2.71. The Morgan fingerprint density at radius 3 is 2.94 bits per heavy atom. The van der Waals surface area contributed by atoms with E-state index in [0.29, 0.717) is 12.6 Å². The Labute approximate surface area is 102 Å². The molecule has 5 nitrogen and oxygen atoms in total. The molecule has 0 aliphatic carbocycles. The van der Waals surface area contributed by atoms with Crippen LogP contribution in [0.15, 0.2) is 0 Å². The monoisotopic (exact) mass is 242 g/mol. The van der Waals surface area contributed by atoms with Crippen molar-refractivity contribution < 1.29 is 14.6 Å². The van der Waals surface area contributed by atoms with Crippen molar-refractivity contribution in [1.82, 2.24) is 9.80 Å². The van der Waals surface area contributed by atoms with Gasteiger partial charge in [-0.3, -0.25) is 4.90 Å². The maximum Gasteiger partial charge on any atom is 0.410 e. The zero-order valence-corrected chi connectivity index (χ0v) is 10.5. The molecule has 0 radical (unpaired) electrons.